The smallest absolute Gasteiger partial charge is 0.143 e. The van der Waals surface area contributed by atoms with Crippen molar-refractivity contribution in [1.29, 1.82) is 0 Å². The molecule has 0 saturated carbocycles. The first kappa shape index (κ1) is 12.7. The number of Topliss-reactive ketones (excluding diaryl/α,β-unsaturated/α-hetero) is 1. The summed E-state index contributed by atoms with van der Waals surface area (Å²) < 4.78 is 0. The Kier molecular flexibility index (Phi) is 7.50. The molecule has 1 unspecified atom stereocenters. The van der Waals surface area contributed by atoms with Crippen LogP contribution in [0.1, 0.15) is 32.1 Å². The molecule has 0 bridgehead atoms. The van der Waals surface area contributed by atoms with Gasteiger partial charge in [0.25, 0.3) is 0 Å². The minimum atomic E-state index is -0.674. The maximum Gasteiger partial charge on any atom is 0.143 e. The zero-order valence-corrected chi connectivity index (χ0v) is 7.98. The Bertz CT molecular complexity index is 210. The Hall–Kier alpha value is -1.32. The summed E-state index contributed by atoms with van der Waals surface area (Å²) in [7, 11) is 0. The van der Waals surface area contributed by atoms with Gasteiger partial charge in [-0.15, -0.1) is 0 Å². The summed E-state index contributed by atoms with van der Waals surface area (Å²) in [4.78, 5) is 41.8. The van der Waals surface area contributed by atoms with Crippen molar-refractivity contribution in [3.05, 3.63) is 0 Å². The summed E-state index contributed by atoms with van der Waals surface area (Å²) in [6, 6.07) is 0. The molecule has 0 saturated heterocycles. The van der Waals surface area contributed by atoms with Crippen LogP contribution in [0.25, 0.3) is 0 Å². The van der Waals surface area contributed by atoms with Gasteiger partial charge in [-0.05, 0) is 12.8 Å². The van der Waals surface area contributed by atoms with Gasteiger partial charge in [-0.2, -0.15) is 0 Å². The summed E-state index contributed by atoms with van der Waals surface area (Å²) in [5.41, 5.74) is 0. The summed E-state index contributed by atoms with van der Waals surface area (Å²) >= 11 is 0. The molecule has 0 rings (SSSR count). The highest BCUT2D eigenvalue weighted by atomic mass is 16.1. The lowest BCUT2D eigenvalue weighted by molar-refractivity contribution is -0.127. The van der Waals surface area contributed by atoms with Crippen LogP contribution in [-0.2, 0) is 19.2 Å². The van der Waals surface area contributed by atoms with Crippen LogP contribution in [0.5, 0.6) is 0 Å². The van der Waals surface area contributed by atoms with E-state index >= 15 is 0 Å². The molecule has 0 aromatic carbocycles. The van der Waals surface area contributed by atoms with E-state index < -0.39 is 5.92 Å². The molecular formula is C10H14O4. The Labute approximate surface area is 82.7 Å². The van der Waals surface area contributed by atoms with E-state index in [1.165, 1.54) is 0 Å². The third kappa shape index (κ3) is 5.35. The maximum atomic E-state index is 11.3. The molecule has 0 fully saturated rings. The molecule has 0 amide bonds. The van der Waals surface area contributed by atoms with E-state index in [0.29, 0.717) is 25.4 Å². The van der Waals surface area contributed by atoms with Crippen LogP contribution < -0.4 is 0 Å². The van der Waals surface area contributed by atoms with Crippen LogP contribution in [0.15, 0.2) is 0 Å². The maximum absolute atomic E-state index is 11.3. The fourth-order valence-corrected chi connectivity index (χ4v) is 1.10. The highest BCUT2D eigenvalue weighted by Crippen LogP contribution is 2.08. The summed E-state index contributed by atoms with van der Waals surface area (Å²) in [6.07, 6.45) is 3.58. The molecule has 0 aromatic heterocycles. The predicted molar refractivity (Wildman–Crippen MR) is 49.8 cm³/mol. The van der Waals surface area contributed by atoms with Crippen molar-refractivity contribution in [3.8, 4) is 0 Å². The molecule has 4 heteroatoms. The van der Waals surface area contributed by atoms with Crippen LogP contribution in [0.2, 0.25) is 0 Å². The molecule has 1 atom stereocenters. The van der Waals surface area contributed by atoms with Gasteiger partial charge in [0, 0.05) is 19.3 Å². The largest absolute Gasteiger partial charge is 0.303 e. The normalized spacial score (nSPS) is 11.7. The van der Waals surface area contributed by atoms with Gasteiger partial charge < -0.3 is 14.4 Å². The Balaban J connectivity index is 3.84. The number of carbonyl (C=O) groups is 4. The summed E-state index contributed by atoms with van der Waals surface area (Å²) in [6.45, 7) is 0. The van der Waals surface area contributed by atoms with Crippen LogP contribution in [-0.4, -0.2) is 24.6 Å². The average Bonchev–Trinajstić information content (AvgIpc) is 2.19. The van der Waals surface area contributed by atoms with E-state index in [4.69, 9.17) is 0 Å². The first-order valence-electron chi connectivity index (χ1n) is 4.61. The zero-order chi connectivity index (χ0) is 10.8. The Morgan fingerprint density at radius 1 is 1.07 bits per heavy atom. The third-order valence-corrected chi connectivity index (χ3v) is 1.92. The Morgan fingerprint density at radius 3 is 2.21 bits per heavy atom. The lowest BCUT2D eigenvalue weighted by Gasteiger charge is -2.05. The second-order valence-electron chi connectivity index (χ2n) is 3.01. The molecule has 78 valence electrons. The van der Waals surface area contributed by atoms with Gasteiger partial charge >= 0.3 is 0 Å². The topological polar surface area (TPSA) is 68.3 Å². The van der Waals surface area contributed by atoms with Crippen molar-refractivity contribution in [3.63, 3.8) is 0 Å². The van der Waals surface area contributed by atoms with Gasteiger partial charge in [0.2, 0.25) is 0 Å². The molecule has 4 nitrogen and oxygen atoms in total. The van der Waals surface area contributed by atoms with Gasteiger partial charge in [-0.1, -0.05) is 0 Å². The van der Waals surface area contributed by atoms with Gasteiger partial charge in [0.05, 0.1) is 5.92 Å². The lowest BCUT2D eigenvalue weighted by Crippen LogP contribution is -2.16. The van der Waals surface area contributed by atoms with Crippen LogP contribution in [0, 0.1) is 5.92 Å². The van der Waals surface area contributed by atoms with Crippen LogP contribution in [0.4, 0.5) is 0 Å². The number of hydrogen-bond donors (Lipinski definition) is 0. The van der Waals surface area contributed by atoms with Crippen molar-refractivity contribution in [1.82, 2.24) is 0 Å². The Morgan fingerprint density at radius 2 is 1.71 bits per heavy atom. The molecule has 0 aliphatic carbocycles. The monoisotopic (exact) mass is 198 g/mol. The van der Waals surface area contributed by atoms with Gasteiger partial charge in [0.15, 0.2) is 0 Å². The van der Waals surface area contributed by atoms with Crippen molar-refractivity contribution >= 4 is 24.6 Å². The SMILES string of the molecule is O=CCCCC(=O)C(C=O)CCC=O. The van der Waals surface area contributed by atoms with Crippen molar-refractivity contribution in [2.45, 2.75) is 32.1 Å². The lowest BCUT2D eigenvalue weighted by atomic mass is 9.96. The quantitative estimate of drug-likeness (QED) is 0.311. The average molecular weight is 198 g/mol. The van der Waals surface area contributed by atoms with E-state index in [0.717, 1.165) is 6.29 Å². The van der Waals surface area contributed by atoms with Gasteiger partial charge in [-0.3, -0.25) is 4.79 Å². The standard InChI is InChI=1S/C10H14O4/c11-6-2-1-5-10(14)9(8-13)4-3-7-12/h6-9H,1-5H2. The number of unbranched alkanes of at least 4 members (excludes halogenated alkanes) is 1. The number of hydrogen-bond acceptors (Lipinski definition) is 4. The summed E-state index contributed by atoms with van der Waals surface area (Å²) in [5.74, 6) is -0.851. The summed E-state index contributed by atoms with van der Waals surface area (Å²) in [5, 5.41) is 0. The fraction of sp³-hybridized carbons (Fsp3) is 0.600. The highest BCUT2D eigenvalue weighted by Gasteiger charge is 2.15. The van der Waals surface area contributed by atoms with E-state index in [1.54, 1.807) is 0 Å². The van der Waals surface area contributed by atoms with Crippen LogP contribution >= 0.6 is 0 Å². The molecule has 0 heterocycles. The van der Waals surface area contributed by atoms with Gasteiger partial charge in [0.1, 0.15) is 24.6 Å². The fourth-order valence-electron chi connectivity index (χ4n) is 1.10. The first-order chi connectivity index (χ1) is 6.76. The predicted octanol–water partition coefficient (Wildman–Crippen LogP) is 0.719. The van der Waals surface area contributed by atoms with Gasteiger partial charge in [-0.25, -0.2) is 0 Å². The van der Waals surface area contributed by atoms with Crippen LogP contribution in [0.3, 0.4) is 0 Å². The van der Waals surface area contributed by atoms with Crippen molar-refractivity contribution in [2.24, 2.45) is 5.92 Å². The third-order valence-electron chi connectivity index (χ3n) is 1.92. The highest BCUT2D eigenvalue weighted by molar-refractivity contribution is 5.93. The van der Waals surface area contributed by atoms with Crippen molar-refractivity contribution in [2.75, 3.05) is 0 Å². The zero-order valence-electron chi connectivity index (χ0n) is 7.98. The van der Waals surface area contributed by atoms with E-state index in [2.05, 4.69) is 0 Å². The second-order valence-corrected chi connectivity index (χ2v) is 3.01. The molecule has 0 radical (unpaired) electrons. The molecule has 14 heavy (non-hydrogen) atoms. The van der Waals surface area contributed by atoms with E-state index in [-0.39, 0.29) is 25.0 Å². The van der Waals surface area contributed by atoms with E-state index in [9.17, 15) is 19.2 Å². The van der Waals surface area contributed by atoms with E-state index in [1.807, 2.05) is 0 Å². The number of aldehydes is 3. The first-order valence-corrected chi connectivity index (χ1v) is 4.61. The second kappa shape index (κ2) is 8.29. The molecule has 0 aliphatic heterocycles. The molecule has 0 spiro atoms. The van der Waals surface area contributed by atoms with Crippen molar-refractivity contribution < 1.29 is 19.2 Å². The number of ketones is 1. The minimum absolute atomic E-state index is 0.177. The molecular weight excluding hydrogens is 184 g/mol. The molecule has 0 aliphatic rings. The molecule has 0 N–H and O–H groups in total. The molecule has 0 aromatic rings. The minimum Gasteiger partial charge on any atom is -0.303 e. The number of carbonyl (C=O) groups excluding carboxylic acids is 4. The number of rotatable bonds is 9.